The van der Waals surface area contributed by atoms with E-state index >= 15 is 0 Å². The van der Waals surface area contributed by atoms with E-state index in [0.29, 0.717) is 30.7 Å². The smallest absolute Gasteiger partial charge is 0.231 e. The van der Waals surface area contributed by atoms with E-state index in [2.05, 4.69) is 49.4 Å². The molecule has 0 radical (unpaired) electrons. The van der Waals surface area contributed by atoms with E-state index in [-0.39, 0.29) is 0 Å². The van der Waals surface area contributed by atoms with Gasteiger partial charge in [0.15, 0.2) is 0 Å². The Morgan fingerprint density at radius 2 is 1.31 bits per heavy atom. The fourth-order valence-corrected chi connectivity index (χ4v) is 3.00. The van der Waals surface area contributed by atoms with Crippen molar-refractivity contribution in [2.45, 2.75) is 13.1 Å². The molecule has 0 amide bonds. The SMILES string of the molecule is Nc1ccc(Nc2ncnc(N(Cc3ccccc3)Cc3ccccc3)n2)cc1. The molecule has 3 N–H and O–H groups in total. The topological polar surface area (TPSA) is 80.0 Å². The van der Waals surface area contributed by atoms with E-state index < -0.39 is 0 Å². The van der Waals surface area contributed by atoms with Crippen LogP contribution in [0.15, 0.2) is 91.3 Å². The number of nitrogens with two attached hydrogens (primary N) is 1. The van der Waals surface area contributed by atoms with Crippen LogP contribution in [-0.4, -0.2) is 15.0 Å². The van der Waals surface area contributed by atoms with Gasteiger partial charge in [0, 0.05) is 24.5 Å². The molecule has 29 heavy (non-hydrogen) atoms. The lowest BCUT2D eigenvalue weighted by molar-refractivity contribution is 0.758. The van der Waals surface area contributed by atoms with Gasteiger partial charge in [0.05, 0.1) is 0 Å². The van der Waals surface area contributed by atoms with Crippen molar-refractivity contribution in [1.82, 2.24) is 15.0 Å². The molecule has 0 aliphatic rings. The van der Waals surface area contributed by atoms with Crippen LogP contribution in [0.25, 0.3) is 0 Å². The van der Waals surface area contributed by atoms with Crippen molar-refractivity contribution in [2.24, 2.45) is 0 Å². The molecular formula is C23H22N6. The first-order valence-corrected chi connectivity index (χ1v) is 9.41. The number of aromatic nitrogens is 3. The molecule has 0 saturated carbocycles. The largest absolute Gasteiger partial charge is 0.399 e. The zero-order chi connectivity index (χ0) is 19.9. The highest BCUT2D eigenvalue weighted by atomic mass is 15.3. The Kier molecular flexibility index (Phi) is 5.62. The van der Waals surface area contributed by atoms with Crippen LogP contribution in [0.2, 0.25) is 0 Å². The van der Waals surface area contributed by atoms with Gasteiger partial charge in [0.1, 0.15) is 6.33 Å². The number of rotatable bonds is 7. The van der Waals surface area contributed by atoms with Crippen molar-refractivity contribution in [3.8, 4) is 0 Å². The summed E-state index contributed by atoms with van der Waals surface area (Å²) < 4.78 is 0. The van der Waals surface area contributed by atoms with Crippen LogP contribution in [0.1, 0.15) is 11.1 Å². The number of benzene rings is 3. The lowest BCUT2D eigenvalue weighted by Crippen LogP contribution is -2.24. The Labute approximate surface area is 170 Å². The van der Waals surface area contributed by atoms with E-state index in [4.69, 9.17) is 5.73 Å². The van der Waals surface area contributed by atoms with Crippen molar-refractivity contribution in [1.29, 1.82) is 0 Å². The van der Waals surface area contributed by atoms with Gasteiger partial charge in [-0.25, -0.2) is 9.97 Å². The van der Waals surface area contributed by atoms with Crippen LogP contribution in [0, 0.1) is 0 Å². The molecule has 144 valence electrons. The van der Waals surface area contributed by atoms with E-state index in [1.165, 1.54) is 17.5 Å². The number of hydrogen-bond acceptors (Lipinski definition) is 6. The molecule has 1 heterocycles. The Hall–Kier alpha value is -3.93. The number of nitrogen functional groups attached to an aromatic ring is 1. The first-order valence-electron chi connectivity index (χ1n) is 9.41. The number of anilines is 4. The molecule has 6 heteroatoms. The lowest BCUT2D eigenvalue weighted by atomic mass is 10.2. The zero-order valence-electron chi connectivity index (χ0n) is 15.9. The maximum absolute atomic E-state index is 5.75. The summed E-state index contributed by atoms with van der Waals surface area (Å²) >= 11 is 0. The zero-order valence-corrected chi connectivity index (χ0v) is 15.9. The maximum Gasteiger partial charge on any atom is 0.231 e. The summed E-state index contributed by atoms with van der Waals surface area (Å²) in [6, 6.07) is 28.1. The first kappa shape index (κ1) is 18.4. The summed E-state index contributed by atoms with van der Waals surface area (Å²) in [5.74, 6) is 1.11. The molecular weight excluding hydrogens is 360 g/mol. The quantitative estimate of drug-likeness (QED) is 0.461. The maximum atomic E-state index is 5.75. The van der Waals surface area contributed by atoms with Gasteiger partial charge in [-0.2, -0.15) is 4.98 Å². The monoisotopic (exact) mass is 382 g/mol. The molecule has 0 fully saturated rings. The molecule has 6 nitrogen and oxygen atoms in total. The Morgan fingerprint density at radius 3 is 1.90 bits per heavy atom. The van der Waals surface area contributed by atoms with Crippen LogP contribution in [0.3, 0.4) is 0 Å². The molecule has 4 rings (SSSR count). The van der Waals surface area contributed by atoms with Gasteiger partial charge < -0.3 is 16.0 Å². The van der Waals surface area contributed by atoms with Gasteiger partial charge in [-0.05, 0) is 35.4 Å². The third-order valence-corrected chi connectivity index (χ3v) is 4.44. The Bertz CT molecular complexity index is 994. The molecule has 0 atom stereocenters. The molecule has 0 aliphatic heterocycles. The van der Waals surface area contributed by atoms with Crippen molar-refractivity contribution >= 4 is 23.3 Å². The average Bonchev–Trinajstić information content (AvgIpc) is 2.77. The van der Waals surface area contributed by atoms with E-state index in [9.17, 15) is 0 Å². The minimum atomic E-state index is 0.492. The van der Waals surface area contributed by atoms with Crippen molar-refractivity contribution in [3.05, 3.63) is 102 Å². The summed E-state index contributed by atoms with van der Waals surface area (Å²) in [5.41, 5.74) is 9.72. The fraction of sp³-hybridized carbons (Fsp3) is 0.0870. The second-order valence-electron chi connectivity index (χ2n) is 6.68. The van der Waals surface area contributed by atoms with Crippen LogP contribution >= 0.6 is 0 Å². The highest BCUT2D eigenvalue weighted by Crippen LogP contribution is 2.19. The van der Waals surface area contributed by atoms with Gasteiger partial charge in [-0.15, -0.1) is 0 Å². The summed E-state index contributed by atoms with van der Waals surface area (Å²) in [6.07, 6.45) is 1.53. The predicted molar refractivity (Wildman–Crippen MR) is 117 cm³/mol. The third-order valence-electron chi connectivity index (χ3n) is 4.44. The van der Waals surface area contributed by atoms with Crippen LogP contribution in [-0.2, 0) is 13.1 Å². The normalized spacial score (nSPS) is 10.5. The summed E-state index contributed by atoms with van der Waals surface area (Å²) in [6.45, 7) is 1.39. The van der Waals surface area contributed by atoms with Crippen molar-refractivity contribution < 1.29 is 0 Å². The van der Waals surface area contributed by atoms with Crippen LogP contribution in [0.5, 0.6) is 0 Å². The highest BCUT2D eigenvalue weighted by Gasteiger charge is 2.13. The van der Waals surface area contributed by atoms with Gasteiger partial charge >= 0.3 is 0 Å². The number of nitrogens with one attached hydrogen (secondary N) is 1. The fourth-order valence-electron chi connectivity index (χ4n) is 3.00. The van der Waals surface area contributed by atoms with Gasteiger partial charge in [0.25, 0.3) is 0 Å². The van der Waals surface area contributed by atoms with Crippen molar-refractivity contribution in [2.75, 3.05) is 16.0 Å². The summed E-state index contributed by atoms with van der Waals surface area (Å²) in [5, 5.41) is 3.21. The summed E-state index contributed by atoms with van der Waals surface area (Å²) in [4.78, 5) is 15.5. The Balaban J connectivity index is 1.60. The van der Waals surface area contributed by atoms with Crippen molar-refractivity contribution in [3.63, 3.8) is 0 Å². The second-order valence-corrected chi connectivity index (χ2v) is 6.68. The molecule has 0 aliphatic carbocycles. The molecule has 3 aromatic carbocycles. The third kappa shape index (κ3) is 5.07. The standard InChI is InChI=1S/C23H22N6/c24-20-11-13-21(14-12-20)27-22-25-17-26-23(28-22)29(15-18-7-3-1-4-8-18)16-19-9-5-2-6-10-19/h1-14,17H,15-16,24H2,(H,25,26,27,28). The highest BCUT2D eigenvalue weighted by molar-refractivity contribution is 5.57. The predicted octanol–water partition coefficient (Wildman–Crippen LogP) is 4.40. The number of hydrogen-bond donors (Lipinski definition) is 2. The first-order chi connectivity index (χ1) is 14.3. The van der Waals surface area contributed by atoms with Gasteiger partial charge in [-0.3, -0.25) is 0 Å². The molecule has 0 spiro atoms. The summed E-state index contributed by atoms with van der Waals surface area (Å²) in [7, 11) is 0. The molecule has 0 saturated heterocycles. The molecule has 0 bridgehead atoms. The molecule has 4 aromatic rings. The van der Waals surface area contributed by atoms with Crippen LogP contribution in [0.4, 0.5) is 23.3 Å². The molecule has 1 aromatic heterocycles. The minimum absolute atomic E-state index is 0.492. The molecule has 0 unspecified atom stereocenters. The van der Waals surface area contributed by atoms with E-state index in [0.717, 1.165) is 5.69 Å². The van der Waals surface area contributed by atoms with Gasteiger partial charge in [-0.1, -0.05) is 60.7 Å². The van der Waals surface area contributed by atoms with Gasteiger partial charge in [0.2, 0.25) is 11.9 Å². The van der Waals surface area contributed by atoms with Crippen LogP contribution < -0.4 is 16.0 Å². The van der Waals surface area contributed by atoms with E-state index in [1.807, 2.05) is 60.7 Å². The van der Waals surface area contributed by atoms with E-state index in [1.54, 1.807) is 0 Å². The lowest BCUT2D eigenvalue weighted by Gasteiger charge is -2.23. The Morgan fingerprint density at radius 1 is 0.724 bits per heavy atom. The number of nitrogens with zero attached hydrogens (tertiary/aromatic N) is 4. The average molecular weight is 382 g/mol. The minimum Gasteiger partial charge on any atom is -0.399 e. The second kappa shape index (κ2) is 8.84.